The Morgan fingerprint density at radius 3 is 1.88 bits per heavy atom. The smallest absolute Gasteiger partial charge is 0.315 e. The third-order valence-electron chi connectivity index (χ3n) is 6.77. The number of benzene rings is 3. The molecule has 0 saturated carbocycles. The van der Waals surface area contributed by atoms with Gasteiger partial charge in [0.25, 0.3) is 5.91 Å². The van der Waals surface area contributed by atoms with Crippen molar-refractivity contribution in [1.82, 2.24) is 21.3 Å². The topological polar surface area (TPSA) is 116 Å². The molecular formula is C32H40N4O4Si. The minimum atomic E-state index is -1.15. The van der Waals surface area contributed by atoms with E-state index < -0.39 is 34.8 Å². The zero-order valence-corrected chi connectivity index (χ0v) is 26.2. The molecule has 2 atom stereocenters. The zero-order valence-electron chi connectivity index (χ0n) is 24.2. The average Bonchev–Trinajstić information content (AvgIpc) is 2.98. The van der Waals surface area contributed by atoms with Crippen molar-refractivity contribution in [3.8, 4) is 11.1 Å². The zero-order chi connectivity index (χ0) is 29.8. The maximum Gasteiger partial charge on any atom is 0.315 e. The molecule has 1 unspecified atom stereocenters. The minimum Gasteiger partial charge on any atom is -0.345 e. The SMILES string of the molecule is CCC(NC(=O)[C@@]([SiH3])(CC(C)C)NC(=O)NCc1ccccc1)C(=O)C(=O)NCc1ccc(-c2ccccc2)cc1. The Balaban J connectivity index is 1.58. The molecule has 0 aromatic heterocycles. The van der Waals surface area contributed by atoms with Gasteiger partial charge >= 0.3 is 6.03 Å². The van der Waals surface area contributed by atoms with E-state index >= 15 is 0 Å². The van der Waals surface area contributed by atoms with E-state index in [1.807, 2.05) is 98.8 Å². The highest BCUT2D eigenvalue weighted by Crippen LogP contribution is 2.19. The Morgan fingerprint density at radius 1 is 0.756 bits per heavy atom. The molecule has 8 nitrogen and oxygen atoms in total. The van der Waals surface area contributed by atoms with Crippen molar-refractivity contribution in [1.29, 1.82) is 0 Å². The Kier molecular flexibility index (Phi) is 11.4. The van der Waals surface area contributed by atoms with Crippen molar-refractivity contribution < 1.29 is 19.2 Å². The molecule has 3 aromatic rings. The summed E-state index contributed by atoms with van der Waals surface area (Å²) in [6.45, 7) is 6.16. The highest BCUT2D eigenvalue weighted by Gasteiger charge is 2.38. The number of hydrogen-bond donors (Lipinski definition) is 4. The summed E-state index contributed by atoms with van der Waals surface area (Å²) in [5.74, 6) is -1.83. The summed E-state index contributed by atoms with van der Waals surface area (Å²) in [5, 5.41) is 9.90. The first-order chi connectivity index (χ1) is 19.6. The largest absolute Gasteiger partial charge is 0.345 e. The van der Waals surface area contributed by atoms with Gasteiger partial charge in [-0.25, -0.2) is 4.79 Å². The highest BCUT2D eigenvalue weighted by molar-refractivity contribution is 6.39. The second-order valence-corrected chi connectivity index (χ2v) is 12.5. The van der Waals surface area contributed by atoms with Gasteiger partial charge in [-0.3, -0.25) is 14.4 Å². The quantitative estimate of drug-likeness (QED) is 0.186. The highest BCUT2D eigenvalue weighted by atomic mass is 28.1. The van der Waals surface area contributed by atoms with Gasteiger partial charge in [-0.1, -0.05) is 106 Å². The Bertz CT molecular complexity index is 1320. The Morgan fingerprint density at radius 2 is 1.29 bits per heavy atom. The lowest BCUT2D eigenvalue weighted by molar-refractivity contribution is -0.140. The van der Waals surface area contributed by atoms with E-state index in [1.54, 1.807) is 6.92 Å². The number of nitrogens with one attached hydrogen (secondary N) is 4. The molecule has 0 radical (unpaired) electrons. The summed E-state index contributed by atoms with van der Waals surface area (Å²) in [6, 6.07) is 25.7. The Labute approximate surface area is 245 Å². The molecule has 3 rings (SSSR count). The number of hydrogen-bond acceptors (Lipinski definition) is 4. The van der Waals surface area contributed by atoms with Crippen molar-refractivity contribution in [3.05, 3.63) is 96.1 Å². The number of urea groups is 1. The monoisotopic (exact) mass is 572 g/mol. The molecule has 4 amide bonds. The molecule has 0 heterocycles. The lowest BCUT2D eigenvalue weighted by atomic mass is 10.0. The standard InChI is InChI=1S/C32H40N4O4Si/c1-4-27(28(37)29(38)33-20-24-15-17-26(18-16-24)25-13-9-6-10-14-25)35-30(39)32(41,19-22(2)3)36-31(40)34-21-23-11-7-5-8-12-23/h5-18,22,27H,4,19-21H2,1-3,41H3,(H,33,38)(H,35,39)(H2,34,36,40)/t27?,32-/m0/s1. The first kappa shape index (κ1) is 31.3. The first-order valence-electron chi connectivity index (χ1n) is 14.0. The number of amides is 4. The molecule has 3 aromatic carbocycles. The second kappa shape index (κ2) is 14.9. The van der Waals surface area contributed by atoms with Crippen molar-refractivity contribution in [2.24, 2.45) is 5.92 Å². The predicted octanol–water partition coefficient (Wildman–Crippen LogP) is 3.04. The van der Waals surface area contributed by atoms with Gasteiger partial charge in [0, 0.05) is 23.3 Å². The van der Waals surface area contributed by atoms with E-state index in [9.17, 15) is 19.2 Å². The molecule has 216 valence electrons. The van der Waals surface area contributed by atoms with Crippen molar-refractivity contribution in [2.45, 2.75) is 57.9 Å². The van der Waals surface area contributed by atoms with Crippen LogP contribution in [-0.4, -0.2) is 45.1 Å². The fourth-order valence-corrected chi connectivity index (χ4v) is 5.82. The molecule has 0 aliphatic rings. The molecule has 41 heavy (non-hydrogen) atoms. The fourth-order valence-electron chi connectivity index (χ4n) is 4.63. The maximum absolute atomic E-state index is 13.4. The summed E-state index contributed by atoms with van der Waals surface area (Å²) >= 11 is 0. The van der Waals surface area contributed by atoms with Gasteiger partial charge in [-0.2, -0.15) is 0 Å². The number of carbonyl (C=O) groups excluding carboxylic acids is 4. The van der Waals surface area contributed by atoms with Crippen LogP contribution in [0.5, 0.6) is 0 Å². The van der Waals surface area contributed by atoms with E-state index in [0.29, 0.717) is 23.2 Å². The van der Waals surface area contributed by atoms with Crippen LogP contribution >= 0.6 is 0 Å². The molecule has 0 aliphatic carbocycles. The van der Waals surface area contributed by atoms with Gasteiger partial charge in [0.2, 0.25) is 11.7 Å². The average molecular weight is 573 g/mol. The van der Waals surface area contributed by atoms with Crippen LogP contribution in [0, 0.1) is 5.92 Å². The molecule has 0 saturated heterocycles. The summed E-state index contributed by atoms with van der Waals surface area (Å²) in [6.07, 6.45) is 0.642. The van der Waals surface area contributed by atoms with Gasteiger partial charge in [-0.05, 0) is 41.0 Å². The van der Waals surface area contributed by atoms with Crippen molar-refractivity contribution in [2.75, 3.05) is 0 Å². The minimum absolute atomic E-state index is 0.111. The number of Topliss-reactive ketones (excluding diaryl/α,β-unsaturated/α-hetero) is 1. The van der Waals surface area contributed by atoms with Crippen LogP contribution in [0.2, 0.25) is 0 Å². The number of rotatable bonds is 13. The van der Waals surface area contributed by atoms with E-state index in [2.05, 4.69) is 21.3 Å². The number of carbonyl (C=O) groups is 4. The molecule has 0 aliphatic heterocycles. The third-order valence-corrected chi connectivity index (χ3v) is 7.88. The molecule has 4 N–H and O–H groups in total. The van der Waals surface area contributed by atoms with Gasteiger partial charge in [0.05, 0.1) is 11.2 Å². The van der Waals surface area contributed by atoms with Crippen molar-refractivity contribution in [3.63, 3.8) is 0 Å². The van der Waals surface area contributed by atoms with E-state index in [1.165, 1.54) is 0 Å². The summed E-state index contributed by atoms with van der Waals surface area (Å²) in [5.41, 5.74) is 3.94. The predicted molar refractivity (Wildman–Crippen MR) is 165 cm³/mol. The normalized spacial score (nSPS) is 13.1. The lowest BCUT2D eigenvalue weighted by Gasteiger charge is -2.33. The number of ketones is 1. The maximum atomic E-state index is 13.4. The van der Waals surface area contributed by atoms with Crippen LogP contribution in [0.15, 0.2) is 84.9 Å². The van der Waals surface area contributed by atoms with Crippen LogP contribution in [0.3, 0.4) is 0 Å². The van der Waals surface area contributed by atoms with Gasteiger partial charge in [0.15, 0.2) is 0 Å². The third kappa shape index (κ3) is 9.42. The Hall–Kier alpha value is -4.24. The summed E-state index contributed by atoms with van der Waals surface area (Å²) in [7, 11) is 0.304. The van der Waals surface area contributed by atoms with E-state index in [-0.39, 0.29) is 18.9 Å². The van der Waals surface area contributed by atoms with Crippen LogP contribution in [0.4, 0.5) is 4.79 Å². The van der Waals surface area contributed by atoms with Gasteiger partial charge in [0.1, 0.15) is 0 Å². The second-order valence-electron chi connectivity index (χ2n) is 10.8. The van der Waals surface area contributed by atoms with Crippen LogP contribution < -0.4 is 21.3 Å². The van der Waals surface area contributed by atoms with Crippen LogP contribution in [0.25, 0.3) is 11.1 Å². The molecule has 0 spiro atoms. The molecule has 0 bridgehead atoms. The molecule has 9 heteroatoms. The van der Waals surface area contributed by atoms with Crippen LogP contribution in [-0.2, 0) is 27.5 Å². The first-order valence-corrected chi connectivity index (χ1v) is 15.0. The van der Waals surface area contributed by atoms with Gasteiger partial charge < -0.3 is 21.3 Å². The molecular weight excluding hydrogens is 532 g/mol. The molecule has 0 fully saturated rings. The van der Waals surface area contributed by atoms with Crippen molar-refractivity contribution >= 4 is 33.9 Å². The van der Waals surface area contributed by atoms with Gasteiger partial charge in [-0.15, -0.1) is 0 Å². The fraction of sp³-hybridized carbons (Fsp3) is 0.312. The van der Waals surface area contributed by atoms with Crippen LogP contribution in [0.1, 0.15) is 44.7 Å². The summed E-state index contributed by atoms with van der Waals surface area (Å²) in [4.78, 5) is 51.9. The lowest BCUT2D eigenvalue weighted by Crippen LogP contribution is -2.64. The van der Waals surface area contributed by atoms with E-state index in [4.69, 9.17) is 0 Å². The van der Waals surface area contributed by atoms with E-state index in [0.717, 1.165) is 22.3 Å². The summed E-state index contributed by atoms with van der Waals surface area (Å²) < 4.78 is 0.